The minimum atomic E-state index is 0.422. The monoisotopic (exact) mass is 279 g/mol. The first-order chi connectivity index (χ1) is 10.4. The van der Waals surface area contributed by atoms with Gasteiger partial charge in [0.1, 0.15) is 18.2 Å². The van der Waals surface area contributed by atoms with Gasteiger partial charge in [-0.1, -0.05) is 12.1 Å². The van der Waals surface area contributed by atoms with Crippen LogP contribution >= 0.6 is 0 Å². The third kappa shape index (κ3) is 3.11. The summed E-state index contributed by atoms with van der Waals surface area (Å²) in [5, 5.41) is 12.6. The fourth-order valence-corrected chi connectivity index (χ4v) is 2.69. The molecule has 0 radical (unpaired) electrons. The standard InChI is InChI=1S/C16H17N5/c17-11-13-3-1-2-4-15(13)21-9-6-14(7-10-21)20-16-5-8-18-12-19-16/h1-5,8,12,14H,6-7,9-10H2,(H,18,19,20). The van der Waals surface area contributed by atoms with E-state index < -0.39 is 0 Å². The van der Waals surface area contributed by atoms with Crippen LogP contribution in [0.2, 0.25) is 0 Å². The maximum absolute atomic E-state index is 9.19. The summed E-state index contributed by atoms with van der Waals surface area (Å²) < 4.78 is 0. The van der Waals surface area contributed by atoms with Gasteiger partial charge in [-0.3, -0.25) is 0 Å². The lowest BCUT2D eigenvalue weighted by Crippen LogP contribution is -2.39. The maximum atomic E-state index is 9.19. The van der Waals surface area contributed by atoms with Gasteiger partial charge in [-0.15, -0.1) is 0 Å². The molecule has 0 aliphatic carbocycles. The molecule has 0 amide bonds. The number of piperidine rings is 1. The number of benzene rings is 1. The molecule has 0 saturated carbocycles. The van der Waals surface area contributed by atoms with Gasteiger partial charge in [0.25, 0.3) is 0 Å². The van der Waals surface area contributed by atoms with Gasteiger partial charge < -0.3 is 10.2 Å². The van der Waals surface area contributed by atoms with E-state index in [9.17, 15) is 5.26 Å². The summed E-state index contributed by atoms with van der Waals surface area (Å²) in [7, 11) is 0. The highest BCUT2D eigenvalue weighted by atomic mass is 15.2. The molecule has 0 atom stereocenters. The SMILES string of the molecule is N#Cc1ccccc1N1CCC(Nc2ccncn2)CC1. The number of anilines is 2. The molecule has 106 valence electrons. The quantitative estimate of drug-likeness (QED) is 0.934. The van der Waals surface area contributed by atoms with Crippen molar-refractivity contribution in [3.8, 4) is 6.07 Å². The van der Waals surface area contributed by atoms with Crippen molar-refractivity contribution in [2.75, 3.05) is 23.3 Å². The summed E-state index contributed by atoms with van der Waals surface area (Å²) in [6.07, 6.45) is 5.36. The maximum Gasteiger partial charge on any atom is 0.129 e. The number of hydrogen-bond donors (Lipinski definition) is 1. The summed E-state index contributed by atoms with van der Waals surface area (Å²) in [4.78, 5) is 10.4. The first kappa shape index (κ1) is 13.4. The van der Waals surface area contributed by atoms with Gasteiger partial charge in [0.2, 0.25) is 0 Å². The predicted octanol–water partition coefficient (Wildman–Crippen LogP) is 2.43. The lowest BCUT2D eigenvalue weighted by atomic mass is 10.0. The van der Waals surface area contributed by atoms with Crippen LogP contribution in [0.4, 0.5) is 11.5 Å². The van der Waals surface area contributed by atoms with E-state index in [1.54, 1.807) is 12.5 Å². The van der Waals surface area contributed by atoms with Crippen molar-refractivity contribution in [1.82, 2.24) is 9.97 Å². The van der Waals surface area contributed by atoms with Gasteiger partial charge in [-0.05, 0) is 31.0 Å². The minimum Gasteiger partial charge on any atom is -0.370 e. The molecule has 1 N–H and O–H groups in total. The highest BCUT2D eigenvalue weighted by Crippen LogP contribution is 2.24. The van der Waals surface area contributed by atoms with Crippen molar-refractivity contribution >= 4 is 11.5 Å². The number of hydrogen-bond acceptors (Lipinski definition) is 5. The molecule has 0 bridgehead atoms. The van der Waals surface area contributed by atoms with Gasteiger partial charge in [0.05, 0.1) is 11.3 Å². The van der Waals surface area contributed by atoms with Crippen molar-refractivity contribution < 1.29 is 0 Å². The molecule has 3 rings (SSSR count). The van der Waals surface area contributed by atoms with Crippen LogP contribution in [-0.2, 0) is 0 Å². The fourth-order valence-electron chi connectivity index (χ4n) is 2.69. The largest absolute Gasteiger partial charge is 0.370 e. The predicted molar refractivity (Wildman–Crippen MR) is 82.0 cm³/mol. The van der Waals surface area contributed by atoms with Crippen LogP contribution in [0, 0.1) is 11.3 Å². The summed E-state index contributed by atoms with van der Waals surface area (Å²) in [6, 6.07) is 12.4. The molecule has 1 aliphatic heterocycles. The second-order valence-electron chi connectivity index (χ2n) is 5.13. The lowest BCUT2D eigenvalue weighted by molar-refractivity contribution is 0.525. The van der Waals surface area contributed by atoms with Gasteiger partial charge >= 0.3 is 0 Å². The van der Waals surface area contributed by atoms with Crippen LogP contribution in [-0.4, -0.2) is 29.1 Å². The number of nitriles is 1. The Bertz CT molecular complexity index is 627. The second kappa shape index (κ2) is 6.23. The molecule has 1 saturated heterocycles. The number of rotatable bonds is 3. The molecule has 0 unspecified atom stereocenters. The Morgan fingerprint density at radius 1 is 1.19 bits per heavy atom. The van der Waals surface area contributed by atoms with E-state index in [-0.39, 0.29) is 0 Å². The zero-order chi connectivity index (χ0) is 14.5. The molecule has 5 heteroatoms. The molecule has 21 heavy (non-hydrogen) atoms. The van der Waals surface area contributed by atoms with Crippen molar-refractivity contribution in [2.45, 2.75) is 18.9 Å². The highest BCUT2D eigenvalue weighted by molar-refractivity contribution is 5.59. The fraction of sp³-hybridized carbons (Fsp3) is 0.312. The second-order valence-corrected chi connectivity index (χ2v) is 5.13. The zero-order valence-electron chi connectivity index (χ0n) is 11.7. The number of nitrogens with one attached hydrogen (secondary N) is 1. The average Bonchev–Trinajstić information content (AvgIpc) is 2.56. The van der Waals surface area contributed by atoms with Gasteiger partial charge in [0, 0.05) is 25.3 Å². The molecule has 0 spiro atoms. The Morgan fingerprint density at radius 2 is 2.00 bits per heavy atom. The topological polar surface area (TPSA) is 64.8 Å². The Morgan fingerprint density at radius 3 is 2.71 bits per heavy atom. The molecular weight excluding hydrogens is 262 g/mol. The van der Waals surface area contributed by atoms with Crippen LogP contribution in [0.5, 0.6) is 0 Å². The number of para-hydroxylation sites is 1. The third-order valence-corrected chi connectivity index (χ3v) is 3.79. The van der Waals surface area contributed by atoms with Crippen molar-refractivity contribution in [3.05, 3.63) is 48.4 Å². The van der Waals surface area contributed by atoms with Crippen LogP contribution in [0.15, 0.2) is 42.9 Å². The first-order valence-corrected chi connectivity index (χ1v) is 7.13. The van der Waals surface area contributed by atoms with E-state index >= 15 is 0 Å². The summed E-state index contributed by atoms with van der Waals surface area (Å²) >= 11 is 0. The smallest absolute Gasteiger partial charge is 0.129 e. The molecule has 5 nitrogen and oxygen atoms in total. The Labute approximate surface area is 124 Å². The molecular formula is C16H17N5. The van der Waals surface area contributed by atoms with Crippen LogP contribution < -0.4 is 10.2 Å². The van der Waals surface area contributed by atoms with Crippen LogP contribution in [0.25, 0.3) is 0 Å². The number of nitrogens with zero attached hydrogens (tertiary/aromatic N) is 4. The van der Waals surface area contributed by atoms with E-state index in [1.165, 1.54) is 0 Å². The lowest BCUT2D eigenvalue weighted by Gasteiger charge is -2.34. The minimum absolute atomic E-state index is 0.422. The summed E-state index contributed by atoms with van der Waals surface area (Å²) in [5.74, 6) is 0.876. The number of aromatic nitrogens is 2. The molecule has 1 aliphatic rings. The average molecular weight is 279 g/mol. The van der Waals surface area contributed by atoms with E-state index in [0.717, 1.165) is 43.0 Å². The van der Waals surface area contributed by atoms with E-state index in [1.807, 2.05) is 30.3 Å². The third-order valence-electron chi connectivity index (χ3n) is 3.79. The molecule has 1 aromatic heterocycles. The molecule has 1 aromatic carbocycles. The van der Waals surface area contributed by atoms with E-state index in [4.69, 9.17) is 0 Å². The highest BCUT2D eigenvalue weighted by Gasteiger charge is 2.20. The summed E-state index contributed by atoms with van der Waals surface area (Å²) in [6.45, 7) is 1.89. The van der Waals surface area contributed by atoms with Crippen LogP contribution in [0.3, 0.4) is 0 Å². The molecule has 1 fully saturated rings. The van der Waals surface area contributed by atoms with Gasteiger partial charge in [-0.25, -0.2) is 9.97 Å². The van der Waals surface area contributed by atoms with Crippen molar-refractivity contribution in [1.29, 1.82) is 5.26 Å². The zero-order valence-corrected chi connectivity index (χ0v) is 11.7. The van der Waals surface area contributed by atoms with Gasteiger partial charge in [-0.2, -0.15) is 5.26 Å². The van der Waals surface area contributed by atoms with Crippen LogP contribution in [0.1, 0.15) is 18.4 Å². The molecule has 2 heterocycles. The van der Waals surface area contributed by atoms with E-state index in [0.29, 0.717) is 6.04 Å². The summed E-state index contributed by atoms with van der Waals surface area (Å²) in [5.41, 5.74) is 1.79. The Hall–Kier alpha value is -2.61. The molecule has 2 aromatic rings. The first-order valence-electron chi connectivity index (χ1n) is 7.13. The van der Waals surface area contributed by atoms with Crippen molar-refractivity contribution in [3.63, 3.8) is 0 Å². The Balaban J connectivity index is 1.62. The normalized spacial score (nSPS) is 15.5. The van der Waals surface area contributed by atoms with Crippen molar-refractivity contribution in [2.24, 2.45) is 0 Å². The Kier molecular flexibility index (Phi) is 3.97. The van der Waals surface area contributed by atoms with E-state index in [2.05, 4.69) is 26.3 Å². The van der Waals surface area contributed by atoms with Gasteiger partial charge in [0.15, 0.2) is 0 Å².